The van der Waals surface area contributed by atoms with Gasteiger partial charge in [-0.1, -0.05) is 6.07 Å². The number of phenols is 1. The van der Waals surface area contributed by atoms with Gasteiger partial charge in [-0.3, -0.25) is 4.90 Å². The number of phenolic OH excluding ortho intramolecular Hbond substituents is 1. The van der Waals surface area contributed by atoms with Crippen molar-refractivity contribution in [3.63, 3.8) is 0 Å². The van der Waals surface area contributed by atoms with Gasteiger partial charge in [0.15, 0.2) is 5.82 Å². The van der Waals surface area contributed by atoms with E-state index >= 15 is 0 Å². The Morgan fingerprint density at radius 2 is 2.00 bits per heavy atom. The van der Waals surface area contributed by atoms with E-state index in [1.54, 1.807) is 41.1 Å². The molecule has 4 aromatic rings. The molecule has 2 N–H and O–H groups in total. The molecule has 3 aromatic heterocycles. The van der Waals surface area contributed by atoms with Crippen molar-refractivity contribution in [2.75, 3.05) is 18.4 Å². The fraction of sp³-hybridized carbons (Fsp3) is 0.238. The van der Waals surface area contributed by atoms with Crippen molar-refractivity contribution in [3.05, 3.63) is 53.0 Å². The molecule has 0 unspecified atom stereocenters. The molecule has 1 aliphatic rings. The normalized spacial score (nSPS) is 14.7. The molecule has 0 saturated carbocycles. The fourth-order valence-corrected chi connectivity index (χ4v) is 5.67. The van der Waals surface area contributed by atoms with E-state index in [1.807, 2.05) is 12.1 Å². The summed E-state index contributed by atoms with van der Waals surface area (Å²) in [6, 6.07) is 9.23. The number of thiophene rings is 2. The van der Waals surface area contributed by atoms with Crippen LogP contribution in [0.15, 0.2) is 47.4 Å². The number of likely N-dealkylation sites (tertiary alicyclic amines) is 1. The van der Waals surface area contributed by atoms with Gasteiger partial charge in [-0.15, -0.1) is 11.3 Å². The van der Waals surface area contributed by atoms with Crippen LogP contribution in [0.3, 0.4) is 0 Å². The number of hydrogen-bond donors (Lipinski definition) is 2. The van der Waals surface area contributed by atoms with Crippen molar-refractivity contribution in [1.29, 1.82) is 0 Å². The smallest absolute Gasteiger partial charge is 0.151 e. The summed E-state index contributed by atoms with van der Waals surface area (Å²) in [6.07, 6.45) is 4.20. The Bertz CT molecular complexity index is 1110. The van der Waals surface area contributed by atoms with Crippen molar-refractivity contribution in [3.8, 4) is 16.2 Å². The highest BCUT2D eigenvalue weighted by Gasteiger charge is 2.17. The fourth-order valence-electron chi connectivity index (χ4n) is 3.64. The van der Waals surface area contributed by atoms with Crippen LogP contribution in [0, 0.1) is 0 Å². The molecule has 1 saturated heterocycles. The number of rotatable bonds is 5. The monoisotopic (exact) mass is 408 g/mol. The van der Waals surface area contributed by atoms with E-state index in [-0.39, 0.29) is 5.75 Å². The summed E-state index contributed by atoms with van der Waals surface area (Å²) >= 11 is 3.48. The van der Waals surface area contributed by atoms with Crippen molar-refractivity contribution in [2.45, 2.75) is 19.4 Å². The van der Waals surface area contributed by atoms with Gasteiger partial charge < -0.3 is 10.4 Å². The maximum Gasteiger partial charge on any atom is 0.151 e. The maximum absolute atomic E-state index is 9.71. The first-order valence-corrected chi connectivity index (χ1v) is 11.1. The van der Waals surface area contributed by atoms with Crippen LogP contribution >= 0.6 is 22.7 Å². The van der Waals surface area contributed by atoms with E-state index in [0.29, 0.717) is 0 Å². The van der Waals surface area contributed by atoms with Crippen molar-refractivity contribution in [1.82, 2.24) is 14.9 Å². The molecule has 0 aliphatic carbocycles. The average molecular weight is 409 g/mol. The Labute approximate surface area is 171 Å². The third-order valence-corrected chi connectivity index (χ3v) is 6.98. The average Bonchev–Trinajstić information content (AvgIpc) is 3.42. The molecule has 5 nitrogen and oxygen atoms in total. The van der Waals surface area contributed by atoms with Crippen LogP contribution in [-0.2, 0) is 6.54 Å². The molecule has 28 heavy (non-hydrogen) atoms. The first kappa shape index (κ1) is 17.6. The van der Waals surface area contributed by atoms with Crippen molar-refractivity contribution in [2.24, 2.45) is 0 Å². The van der Waals surface area contributed by atoms with E-state index in [9.17, 15) is 5.11 Å². The summed E-state index contributed by atoms with van der Waals surface area (Å²) < 4.78 is 1.03. The number of anilines is 2. The third-order valence-electron chi connectivity index (χ3n) is 5.02. The molecule has 7 heteroatoms. The number of nitrogens with one attached hydrogen (secondary N) is 1. The van der Waals surface area contributed by atoms with Gasteiger partial charge in [0.2, 0.25) is 0 Å². The highest BCUT2D eigenvalue weighted by Crippen LogP contribution is 2.39. The van der Waals surface area contributed by atoms with Gasteiger partial charge in [-0.05, 0) is 60.5 Å². The van der Waals surface area contributed by atoms with Crippen molar-refractivity contribution < 1.29 is 5.11 Å². The molecule has 1 aliphatic heterocycles. The SMILES string of the molecule is Oc1cccc(Nc2ncnc3cc(-c4cscc4CN4CCCC4)sc23)c1. The van der Waals surface area contributed by atoms with E-state index < -0.39 is 0 Å². The second kappa shape index (κ2) is 7.50. The number of aromatic nitrogens is 2. The molecule has 1 fully saturated rings. The number of hydrogen-bond acceptors (Lipinski definition) is 7. The Kier molecular flexibility index (Phi) is 4.72. The second-order valence-electron chi connectivity index (χ2n) is 7.02. The summed E-state index contributed by atoms with van der Waals surface area (Å²) in [5, 5.41) is 17.5. The van der Waals surface area contributed by atoms with E-state index in [4.69, 9.17) is 0 Å². The number of fused-ring (bicyclic) bond motifs is 1. The van der Waals surface area contributed by atoms with Crippen LogP contribution in [-0.4, -0.2) is 33.1 Å². The lowest BCUT2D eigenvalue weighted by Crippen LogP contribution is -2.18. The first-order valence-electron chi connectivity index (χ1n) is 9.35. The Balaban J connectivity index is 1.48. The van der Waals surface area contributed by atoms with E-state index in [0.717, 1.165) is 28.3 Å². The quantitative estimate of drug-likeness (QED) is 0.459. The topological polar surface area (TPSA) is 61.3 Å². The lowest BCUT2D eigenvalue weighted by molar-refractivity contribution is 0.332. The van der Waals surface area contributed by atoms with Gasteiger partial charge in [0, 0.05) is 28.7 Å². The van der Waals surface area contributed by atoms with Crippen LogP contribution < -0.4 is 5.32 Å². The predicted octanol–water partition coefficient (Wildman–Crippen LogP) is 5.46. The maximum atomic E-state index is 9.71. The molecule has 1 aromatic carbocycles. The molecule has 5 rings (SSSR count). The van der Waals surface area contributed by atoms with Gasteiger partial charge in [0.05, 0.1) is 10.2 Å². The number of aromatic hydroxyl groups is 1. The van der Waals surface area contributed by atoms with Gasteiger partial charge in [-0.2, -0.15) is 11.3 Å². The van der Waals surface area contributed by atoms with Gasteiger partial charge in [0.1, 0.15) is 12.1 Å². The van der Waals surface area contributed by atoms with Crippen LogP contribution in [0.4, 0.5) is 11.5 Å². The Morgan fingerprint density at radius 1 is 1.11 bits per heavy atom. The zero-order valence-electron chi connectivity index (χ0n) is 15.3. The van der Waals surface area contributed by atoms with Crippen molar-refractivity contribution >= 4 is 44.4 Å². The highest BCUT2D eigenvalue weighted by molar-refractivity contribution is 7.23. The summed E-state index contributed by atoms with van der Waals surface area (Å²) in [5.41, 5.74) is 4.45. The molecule has 0 bridgehead atoms. The van der Waals surface area contributed by atoms with E-state index in [1.165, 1.54) is 41.9 Å². The second-order valence-corrected chi connectivity index (χ2v) is 8.81. The van der Waals surface area contributed by atoms with Crippen LogP contribution in [0.1, 0.15) is 18.4 Å². The molecular weight excluding hydrogens is 388 g/mol. The van der Waals surface area contributed by atoms with Crippen LogP contribution in [0.2, 0.25) is 0 Å². The molecule has 0 radical (unpaired) electrons. The summed E-state index contributed by atoms with van der Waals surface area (Å²) in [7, 11) is 0. The van der Waals surface area contributed by atoms with Gasteiger partial charge in [0.25, 0.3) is 0 Å². The minimum absolute atomic E-state index is 0.229. The number of benzene rings is 1. The summed E-state index contributed by atoms with van der Waals surface area (Å²) in [4.78, 5) is 12.7. The zero-order chi connectivity index (χ0) is 18.9. The standard InChI is InChI=1S/C21H20N4OS2/c26-16-5-3-4-15(8-16)24-21-20-18(22-13-23-21)9-19(28-20)17-12-27-11-14(17)10-25-6-1-2-7-25/h3-5,8-9,11-13,26H,1-2,6-7,10H2,(H,22,23,24). The predicted molar refractivity (Wildman–Crippen MR) is 117 cm³/mol. The highest BCUT2D eigenvalue weighted by atomic mass is 32.1. The Morgan fingerprint density at radius 3 is 2.86 bits per heavy atom. The summed E-state index contributed by atoms with van der Waals surface area (Å²) in [6.45, 7) is 3.42. The lowest BCUT2D eigenvalue weighted by atomic mass is 10.1. The third kappa shape index (κ3) is 3.48. The minimum Gasteiger partial charge on any atom is -0.508 e. The zero-order valence-corrected chi connectivity index (χ0v) is 16.9. The lowest BCUT2D eigenvalue weighted by Gasteiger charge is -2.14. The molecular formula is C21H20N4OS2. The largest absolute Gasteiger partial charge is 0.508 e. The van der Waals surface area contributed by atoms with E-state index in [2.05, 4.69) is 37.0 Å². The van der Waals surface area contributed by atoms with Crippen LogP contribution in [0.25, 0.3) is 20.7 Å². The molecule has 4 heterocycles. The van der Waals surface area contributed by atoms with Crippen LogP contribution in [0.5, 0.6) is 5.75 Å². The molecule has 0 amide bonds. The number of nitrogens with zero attached hydrogens (tertiary/aromatic N) is 3. The minimum atomic E-state index is 0.229. The summed E-state index contributed by atoms with van der Waals surface area (Å²) in [5.74, 6) is 0.996. The Hall–Kier alpha value is -2.48. The van der Waals surface area contributed by atoms with Gasteiger partial charge >= 0.3 is 0 Å². The van der Waals surface area contributed by atoms with Gasteiger partial charge in [-0.25, -0.2) is 9.97 Å². The molecule has 142 valence electrons. The first-order chi connectivity index (χ1) is 13.8. The molecule has 0 spiro atoms. The molecule has 0 atom stereocenters.